The van der Waals surface area contributed by atoms with Gasteiger partial charge in [-0.3, -0.25) is 4.79 Å². The van der Waals surface area contributed by atoms with Gasteiger partial charge in [0.1, 0.15) is 0 Å². The van der Waals surface area contributed by atoms with E-state index in [1.165, 1.54) is 0 Å². The van der Waals surface area contributed by atoms with Crippen LogP contribution >= 0.6 is 0 Å². The van der Waals surface area contributed by atoms with Gasteiger partial charge in [-0.15, -0.1) is 0 Å². The lowest BCUT2D eigenvalue weighted by atomic mass is 10.1. The number of rotatable bonds is 2. The number of β-amino-alcohol motifs (C(OH)–C–C–N with tert-alkyl or cyclic N) is 1. The first-order chi connectivity index (χ1) is 6.04. The maximum absolute atomic E-state index is 11.6. The van der Waals surface area contributed by atoms with Gasteiger partial charge in [-0.25, -0.2) is 0 Å². The Labute approximate surface area is 78.9 Å². The molecular formula is C9H18N2O2. The maximum atomic E-state index is 11.6. The molecule has 0 aromatic carbocycles. The minimum Gasteiger partial charge on any atom is -0.390 e. The lowest BCUT2D eigenvalue weighted by Gasteiger charge is -2.27. The number of carbonyl (C=O) groups is 1. The number of aliphatic hydroxyl groups excluding tert-OH is 1. The summed E-state index contributed by atoms with van der Waals surface area (Å²) in [5.74, 6) is 0.0885. The molecule has 0 aromatic rings. The van der Waals surface area contributed by atoms with Gasteiger partial charge in [0.2, 0.25) is 5.91 Å². The van der Waals surface area contributed by atoms with Crippen LogP contribution in [-0.2, 0) is 4.79 Å². The smallest absolute Gasteiger partial charge is 0.225 e. The third-order valence-corrected chi connectivity index (χ3v) is 2.49. The van der Waals surface area contributed by atoms with Gasteiger partial charge in [0.25, 0.3) is 0 Å². The summed E-state index contributed by atoms with van der Waals surface area (Å²) < 4.78 is 0. The average Bonchev–Trinajstić information content (AvgIpc) is 2.48. The van der Waals surface area contributed by atoms with Gasteiger partial charge in [-0.1, -0.05) is 13.8 Å². The topological polar surface area (TPSA) is 52.6 Å². The number of hydrogen-bond donors (Lipinski definition) is 2. The second-order valence-corrected chi connectivity index (χ2v) is 3.90. The molecule has 0 bridgehead atoms. The van der Waals surface area contributed by atoms with Crippen molar-refractivity contribution in [3.8, 4) is 0 Å². The molecule has 0 saturated carbocycles. The average molecular weight is 186 g/mol. The quantitative estimate of drug-likeness (QED) is 0.607. The molecule has 1 rings (SSSR count). The Kier molecular flexibility index (Phi) is 3.27. The molecule has 1 saturated heterocycles. The van der Waals surface area contributed by atoms with Gasteiger partial charge in [-0.05, 0) is 0 Å². The molecule has 2 N–H and O–H groups in total. The fourth-order valence-corrected chi connectivity index (χ4v) is 1.62. The van der Waals surface area contributed by atoms with Gasteiger partial charge in [0.15, 0.2) is 0 Å². The molecule has 4 nitrogen and oxygen atoms in total. The number of carbonyl (C=O) groups excluding carboxylic acids is 1. The number of nitrogens with zero attached hydrogens (tertiary/aromatic N) is 1. The number of hydrogen-bond acceptors (Lipinski definition) is 3. The van der Waals surface area contributed by atoms with Crippen molar-refractivity contribution in [3.63, 3.8) is 0 Å². The molecule has 13 heavy (non-hydrogen) atoms. The lowest BCUT2D eigenvalue weighted by Crippen LogP contribution is -2.45. The molecule has 4 heteroatoms. The van der Waals surface area contributed by atoms with Crippen LogP contribution in [0.1, 0.15) is 13.8 Å². The molecule has 0 aromatic heterocycles. The van der Waals surface area contributed by atoms with Crippen LogP contribution < -0.4 is 5.32 Å². The van der Waals surface area contributed by atoms with Crippen molar-refractivity contribution in [1.82, 2.24) is 10.2 Å². The van der Waals surface area contributed by atoms with Crippen LogP contribution in [0.3, 0.4) is 0 Å². The van der Waals surface area contributed by atoms with E-state index < -0.39 is 6.10 Å². The van der Waals surface area contributed by atoms with Crippen molar-refractivity contribution in [2.24, 2.45) is 5.92 Å². The molecule has 1 heterocycles. The van der Waals surface area contributed by atoms with Crippen LogP contribution in [-0.4, -0.2) is 48.2 Å². The Balaban J connectivity index is 2.56. The molecule has 0 unspecified atom stereocenters. The first kappa shape index (κ1) is 10.5. The first-order valence-corrected chi connectivity index (χ1v) is 4.69. The van der Waals surface area contributed by atoms with E-state index in [1.807, 2.05) is 13.8 Å². The molecule has 1 aliphatic rings. The van der Waals surface area contributed by atoms with Gasteiger partial charge in [-0.2, -0.15) is 0 Å². The standard InChI is InChI=1S/C9H18N2O2/c1-6(2)9(13)11(3)7-4-10-5-8(7)12/h6-8,10,12H,4-5H2,1-3H3/t7-,8-/m0/s1. The van der Waals surface area contributed by atoms with Crippen molar-refractivity contribution in [2.75, 3.05) is 20.1 Å². The van der Waals surface area contributed by atoms with Gasteiger partial charge in [0, 0.05) is 26.1 Å². The predicted octanol–water partition coefficient (Wildman–Crippen LogP) is -0.566. The minimum absolute atomic E-state index is 0.00204. The lowest BCUT2D eigenvalue weighted by molar-refractivity contribution is -0.136. The summed E-state index contributed by atoms with van der Waals surface area (Å²) in [6, 6.07) is -0.0603. The maximum Gasteiger partial charge on any atom is 0.225 e. The van der Waals surface area contributed by atoms with Crippen LogP contribution in [0.15, 0.2) is 0 Å². The second kappa shape index (κ2) is 4.07. The molecular weight excluding hydrogens is 168 g/mol. The SMILES string of the molecule is CC(C)C(=O)N(C)[C@H]1CNC[C@@H]1O. The second-order valence-electron chi connectivity index (χ2n) is 3.90. The molecule has 76 valence electrons. The van der Waals surface area contributed by atoms with Crippen molar-refractivity contribution in [2.45, 2.75) is 26.0 Å². The third kappa shape index (κ3) is 2.19. The molecule has 1 aliphatic heterocycles. The molecule has 2 atom stereocenters. The van der Waals surface area contributed by atoms with E-state index in [9.17, 15) is 9.90 Å². The molecule has 0 radical (unpaired) electrons. The molecule has 1 fully saturated rings. The Morgan fingerprint density at radius 2 is 2.15 bits per heavy atom. The van der Waals surface area contributed by atoms with E-state index >= 15 is 0 Å². The third-order valence-electron chi connectivity index (χ3n) is 2.49. The Hall–Kier alpha value is -0.610. The van der Waals surface area contributed by atoms with E-state index in [0.29, 0.717) is 13.1 Å². The summed E-state index contributed by atoms with van der Waals surface area (Å²) in [4.78, 5) is 13.2. The number of likely N-dealkylation sites (N-methyl/N-ethyl adjacent to an activating group) is 1. The van der Waals surface area contributed by atoms with Gasteiger partial charge >= 0.3 is 0 Å². The molecule has 0 spiro atoms. The van der Waals surface area contributed by atoms with Gasteiger partial charge < -0.3 is 15.3 Å². The van der Waals surface area contributed by atoms with Gasteiger partial charge in [0.05, 0.1) is 12.1 Å². The fourth-order valence-electron chi connectivity index (χ4n) is 1.62. The van der Waals surface area contributed by atoms with Crippen LogP contribution in [0.4, 0.5) is 0 Å². The molecule has 0 aliphatic carbocycles. The first-order valence-electron chi connectivity index (χ1n) is 4.69. The van der Waals surface area contributed by atoms with Crippen molar-refractivity contribution in [1.29, 1.82) is 0 Å². The van der Waals surface area contributed by atoms with E-state index in [-0.39, 0.29) is 17.9 Å². The summed E-state index contributed by atoms with van der Waals surface area (Å²) in [6.45, 7) is 5.01. The number of nitrogens with one attached hydrogen (secondary N) is 1. The van der Waals surface area contributed by atoms with E-state index in [1.54, 1.807) is 11.9 Å². The minimum atomic E-state index is -0.423. The Bertz CT molecular complexity index is 194. The van der Waals surface area contributed by atoms with Crippen LogP contribution in [0, 0.1) is 5.92 Å². The highest BCUT2D eigenvalue weighted by Gasteiger charge is 2.31. The highest BCUT2D eigenvalue weighted by Crippen LogP contribution is 2.10. The largest absolute Gasteiger partial charge is 0.390 e. The van der Waals surface area contributed by atoms with Crippen LogP contribution in [0.2, 0.25) is 0 Å². The summed E-state index contributed by atoms with van der Waals surface area (Å²) in [5.41, 5.74) is 0. The van der Waals surface area contributed by atoms with E-state index in [0.717, 1.165) is 0 Å². The monoisotopic (exact) mass is 186 g/mol. The van der Waals surface area contributed by atoms with Crippen molar-refractivity contribution < 1.29 is 9.90 Å². The van der Waals surface area contributed by atoms with Crippen LogP contribution in [0.5, 0.6) is 0 Å². The molecule has 1 amide bonds. The Morgan fingerprint density at radius 3 is 2.54 bits per heavy atom. The van der Waals surface area contributed by atoms with E-state index in [4.69, 9.17) is 0 Å². The summed E-state index contributed by atoms with van der Waals surface area (Å²) in [5, 5.41) is 12.6. The van der Waals surface area contributed by atoms with E-state index in [2.05, 4.69) is 5.32 Å². The fraction of sp³-hybridized carbons (Fsp3) is 0.889. The number of amides is 1. The zero-order chi connectivity index (χ0) is 10.0. The summed E-state index contributed by atoms with van der Waals surface area (Å²) in [7, 11) is 1.75. The zero-order valence-electron chi connectivity index (χ0n) is 8.45. The summed E-state index contributed by atoms with van der Waals surface area (Å²) >= 11 is 0. The normalized spacial score (nSPS) is 28.1. The number of aliphatic hydroxyl groups is 1. The predicted molar refractivity (Wildman–Crippen MR) is 50.3 cm³/mol. The zero-order valence-corrected chi connectivity index (χ0v) is 8.45. The highest BCUT2D eigenvalue weighted by molar-refractivity contribution is 5.78. The van der Waals surface area contributed by atoms with Crippen molar-refractivity contribution in [3.05, 3.63) is 0 Å². The Morgan fingerprint density at radius 1 is 1.54 bits per heavy atom. The highest BCUT2D eigenvalue weighted by atomic mass is 16.3. The summed E-state index contributed by atoms with van der Waals surface area (Å²) in [6.07, 6.45) is -0.423. The van der Waals surface area contributed by atoms with Crippen LogP contribution in [0.25, 0.3) is 0 Å². The van der Waals surface area contributed by atoms with Crippen molar-refractivity contribution >= 4 is 5.91 Å².